The summed E-state index contributed by atoms with van der Waals surface area (Å²) in [7, 11) is 0. The van der Waals surface area contributed by atoms with Crippen molar-refractivity contribution < 1.29 is 14.4 Å². The lowest BCUT2D eigenvalue weighted by atomic mass is 9.49. The molecule has 4 bridgehead atoms. The minimum absolute atomic E-state index is 0.0899. The van der Waals surface area contributed by atoms with E-state index in [1.807, 2.05) is 32.0 Å². The largest absolute Gasteiger partial charge is 0.330 e. The molecule has 3 amide bonds. The predicted molar refractivity (Wildman–Crippen MR) is 119 cm³/mol. The van der Waals surface area contributed by atoms with Crippen LogP contribution in [0.5, 0.6) is 0 Å². The van der Waals surface area contributed by atoms with E-state index >= 15 is 0 Å². The number of carbonyl (C=O) groups is 3. The van der Waals surface area contributed by atoms with Crippen LogP contribution in [-0.4, -0.2) is 35.2 Å². The lowest BCUT2D eigenvalue weighted by Crippen LogP contribution is -2.50. The van der Waals surface area contributed by atoms with Crippen LogP contribution in [0.15, 0.2) is 18.2 Å². The van der Waals surface area contributed by atoms with Crippen LogP contribution in [0.3, 0.4) is 0 Å². The van der Waals surface area contributed by atoms with Gasteiger partial charge < -0.3 is 4.90 Å². The smallest absolute Gasteiger partial charge is 0.257 e. The molecule has 31 heavy (non-hydrogen) atoms. The average molecular weight is 423 g/mol. The molecule has 0 N–H and O–H groups in total. The van der Waals surface area contributed by atoms with Gasteiger partial charge in [-0.15, -0.1) is 0 Å². The fourth-order valence-corrected chi connectivity index (χ4v) is 7.66. The van der Waals surface area contributed by atoms with Crippen LogP contribution in [0.2, 0.25) is 0 Å². The Balaban J connectivity index is 1.33. The Kier molecular flexibility index (Phi) is 4.98. The van der Waals surface area contributed by atoms with Crippen molar-refractivity contribution in [1.82, 2.24) is 4.90 Å². The number of aryl methyl sites for hydroxylation is 2. The van der Waals surface area contributed by atoms with Crippen molar-refractivity contribution in [3.05, 3.63) is 29.3 Å². The maximum atomic E-state index is 13.3. The van der Waals surface area contributed by atoms with E-state index in [0.717, 1.165) is 35.3 Å². The molecule has 1 aromatic rings. The number of amides is 3. The molecule has 4 saturated carbocycles. The van der Waals surface area contributed by atoms with Crippen molar-refractivity contribution in [2.24, 2.45) is 23.2 Å². The minimum Gasteiger partial charge on any atom is -0.330 e. The zero-order valence-corrected chi connectivity index (χ0v) is 19.0. The third-order valence-corrected chi connectivity index (χ3v) is 8.54. The van der Waals surface area contributed by atoms with E-state index in [-0.39, 0.29) is 24.1 Å². The number of imide groups is 1. The van der Waals surface area contributed by atoms with Crippen molar-refractivity contribution in [2.75, 3.05) is 11.4 Å². The predicted octanol–water partition coefficient (Wildman–Crippen LogP) is 4.39. The normalized spacial score (nSPS) is 34.0. The molecule has 1 aromatic carbocycles. The van der Waals surface area contributed by atoms with Gasteiger partial charge in [-0.25, -0.2) is 4.90 Å². The number of anilines is 1. The maximum Gasteiger partial charge on any atom is 0.257 e. The SMILES string of the molecule is CC(=O)N(CCC12CC3CC(CC(C3)C1)C2)C1CC(=O)N(c2ccc(C)cc2C)C1=O. The van der Waals surface area contributed by atoms with Gasteiger partial charge in [0.15, 0.2) is 0 Å². The molecule has 5 heteroatoms. The van der Waals surface area contributed by atoms with E-state index in [4.69, 9.17) is 0 Å². The van der Waals surface area contributed by atoms with Gasteiger partial charge in [-0.2, -0.15) is 0 Å². The second kappa shape index (κ2) is 7.46. The van der Waals surface area contributed by atoms with Gasteiger partial charge in [-0.05, 0) is 93.6 Å². The molecule has 1 atom stereocenters. The van der Waals surface area contributed by atoms with E-state index in [1.165, 1.54) is 50.3 Å². The quantitative estimate of drug-likeness (QED) is 0.661. The molecule has 4 aliphatic carbocycles. The molecule has 1 heterocycles. The van der Waals surface area contributed by atoms with Crippen LogP contribution in [0.25, 0.3) is 0 Å². The lowest BCUT2D eigenvalue weighted by Gasteiger charge is -2.57. The summed E-state index contributed by atoms with van der Waals surface area (Å²) in [4.78, 5) is 41.8. The molecule has 1 aliphatic heterocycles. The maximum absolute atomic E-state index is 13.3. The van der Waals surface area contributed by atoms with Gasteiger partial charge in [-0.1, -0.05) is 17.7 Å². The number of rotatable bonds is 5. The zero-order chi connectivity index (χ0) is 21.9. The van der Waals surface area contributed by atoms with Crippen molar-refractivity contribution >= 4 is 23.4 Å². The highest BCUT2D eigenvalue weighted by molar-refractivity contribution is 6.23. The Morgan fingerprint density at radius 3 is 2.23 bits per heavy atom. The fourth-order valence-electron chi connectivity index (χ4n) is 7.66. The molecule has 5 nitrogen and oxygen atoms in total. The van der Waals surface area contributed by atoms with Gasteiger partial charge in [-0.3, -0.25) is 14.4 Å². The number of hydrogen-bond acceptors (Lipinski definition) is 3. The molecule has 0 aromatic heterocycles. The summed E-state index contributed by atoms with van der Waals surface area (Å²) in [6.07, 6.45) is 9.12. The Bertz CT molecular complexity index is 901. The second-order valence-corrected chi connectivity index (χ2v) is 11.0. The molecule has 0 radical (unpaired) electrons. The first kappa shape index (κ1) is 20.7. The summed E-state index contributed by atoms with van der Waals surface area (Å²) in [5.41, 5.74) is 3.00. The monoisotopic (exact) mass is 422 g/mol. The van der Waals surface area contributed by atoms with Crippen LogP contribution in [0, 0.1) is 37.0 Å². The zero-order valence-electron chi connectivity index (χ0n) is 19.0. The summed E-state index contributed by atoms with van der Waals surface area (Å²) in [5, 5.41) is 0. The highest BCUT2D eigenvalue weighted by Gasteiger charge is 2.51. The molecule has 166 valence electrons. The number of benzene rings is 1. The summed E-state index contributed by atoms with van der Waals surface area (Å²) >= 11 is 0. The number of hydrogen-bond donors (Lipinski definition) is 0. The molecule has 1 saturated heterocycles. The summed E-state index contributed by atoms with van der Waals surface area (Å²) in [6, 6.07) is 5.08. The highest BCUT2D eigenvalue weighted by Crippen LogP contribution is 2.61. The van der Waals surface area contributed by atoms with Gasteiger partial charge in [0.2, 0.25) is 11.8 Å². The van der Waals surface area contributed by atoms with E-state index in [0.29, 0.717) is 17.6 Å². The average Bonchev–Trinajstić information content (AvgIpc) is 2.95. The van der Waals surface area contributed by atoms with E-state index < -0.39 is 6.04 Å². The first-order chi connectivity index (χ1) is 14.7. The molecular formula is C26H34N2O3. The van der Waals surface area contributed by atoms with Crippen molar-refractivity contribution in [3.8, 4) is 0 Å². The standard InChI is InChI=1S/C26H34N2O3/c1-16-4-5-22(17(2)8-16)28-24(30)12-23(25(28)31)27(18(3)29)7-6-26-13-19-9-20(14-26)11-21(10-19)15-26/h4-5,8,19-21,23H,6-7,9-15H2,1-3H3. The molecule has 1 unspecified atom stereocenters. The summed E-state index contributed by atoms with van der Waals surface area (Å²) < 4.78 is 0. The van der Waals surface area contributed by atoms with Crippen molar-refractivity contribution in [3.63, 3.8) is 0 Å². The fraction of sp³-hybridized carbons (Fsp3) is 0.654. The van der Waals surface area contributed by atoms with Crippen LogP contribution in [0.1, 0.15) is 69.4 Å². The number of carbonyl (C=O) groups excluding carboxylic acids is 3. The molecule has 6 rings (SSSR count). The van der Waals surface area contributed by atoms with Gasteiger partial charge in [0.1, 0.15) is 6.04 Å². The van der Waals surface area contributed by atoms with Crippen molar-refractivity contribution in [1.29, 1.82) is 0 Å². The third-order valence-electron chi connectivity index (χ3n) is 8.54. The Labute approximate surface area is 185 Å². The van der Waals surface area contributed by atoms with Crippen LogP contribution < -0.4 is 4.90 Å². The van der Waals surface area contributed by atoms with E-state index in [9.17, 15) is 14.4 Å². The van der Waals surface area contributed by atoms with Gasteiger partial charge in [0, 0.05) is 13.5 Å². The molecular weight excluding hydrogens is 388 g/mol. The van der Waals surface area contributed by atoms with Gasteiger partial charge in [0.05, 0.1) is 12.1 Å². The highest BCUT2D eigenvalue weighted by atomic mass is 16.2. The second-order valence-electron chi connectivity index (χ2n) is 11.0. The summed E-state index contributed by atoms with van der Waals surface area (Å²) in [6.45, 7) is 6.05. The molecule has 5 fully saturated rings. The number of nitrogens with zero attached hydrogens (tertiary/aromatic N) is 2. The topological polar surface area (TPSA) is 57.7 Å². The lowest BCUT2D eigenvalue weighted by molar-refractivity contribution is -0.138. The van der Waals surface area contributed by atoms with Crippen LogP contribution in [0.4, 0.5) is 5.69 Å². The molecule has 5 aliphatic rings. The first-order valence-electron chi connectivity index (χ1n) is 12.0. The van der Waals surface area contributed by atoms with Gasteiger partial charge >= 0.3 is 0 Å². The molecule has 0 spiro atoms. The minimum atomic E-state index is -0.667. The first-order valence-corrected chi connectivity index (χ1v) is 12.0. The van der Waals surface area contributed by atoms with Crippen LogP contribution in [-0.2, 0) is 14.4 Å². The third kappa shape index (κ3) is 3.60. The summed E-state index contributed by atoms with van der Waals surface area (Å²) in [5.74, 6) is 2.05. The van der Waals surface area contributed by atoms with Crippen LogP contribution >= 0.6 is 0 Å². The Morgan fingerprint density at radius 2 is 1.68 bits per heavy atom. The van der Waals surface area contributed by atoms with Gasteiger partial charge in [0.25, 0.3) is 5.91 Å². The van der Waals surface area contributed by atoms with E-state index in [2.05, 4.69) is 0 Å². The Hall–Kier alpha value is -2.17. The van der Waals surface area contributed by atoms with Crippen molar-refractivity contribution in [2.45, 2.75) is 78.2 Å². The Morgan fingerprint density at radius 1 is 1.06 bits per heavy atom. The van der Waals surface area contributed by atoms with E-state index in [1.54, 1.807) is 4.90 Å².